The summed E-state index contributed by atoms with van der Waals surface area (Å²) in [4.78, 5) is 11.3. The lowest BCUT2D eigenvalue weighted by atomic mass is 10.2. The molecule has 100 valence electrons. The number of nitrogens with one attached hydrogen (secondary N) is 1. The molecule has 1 atom stereocenters. The lowest BCUT2D eigenvalue weighted by Gasteiger charge is -2.11. The average molecular weight is 271 g/mol. The van der Waals surface area contributed by atoms with Crippen LogP contribution in [0.15, 0.2) is 30.3 Å². The Morgan fingerprint density at radius 1 is 1.33 bits per heavy atom. The second-order valence-corrected chi connectivity index (χ2v) is 6.55. The molecule has 0 unspecified atom stereocenters. The van der Waals surface area contributed by atoms with Gasteiger partial charge in [-0.05, 0) is 12.5 Å². The predicted octanol–water partition coefficient (Wildman–Crippen LogP) is 1.35. The Morgan fingerprint density at radius 3 is 2.50 bits per heavy atom. The molecule has 0 aliphatic carbocycles. The van der Waals surface area contributed by atoms with E-state index in [9.17, 15) is 13.2 Å². The second kappa shape index (κ2) is 6.39. The fourth-order valence-corrected chi connectivity index (χ4v) is 1.54. The maximum Gasteiger partial charge on any atom is 0.407 e. The zero-order chi connectivity index (χ0) is 13.6. The first-order valence-corrected chi connectivity index (χ1v) is 7.48. The van der Waals surface area contributed by atoms with E-state index in [0.717, 1.165) is 11.8 Å². The van der Waals surface area contributed by atoms with E-state index in [1.165, 1.54) is 6.92 Å². The van der Waals surface area contributed by atoms with Crippen LogP contribution in [-0.4, -0.2) is 32.6 Å². The third-order valence-electron chi connectivity index (χ3n) is 2.48. The van der Waals surface area contributed by atoms with Gasteiger partial charge in [-0.15, -0.1) is 0 Å². The molecular weight excluding hydrogens is 254 g/mol. The van der Waals surface area contributed by atoms with Gasteiger partial charge >= 0.3 is 6.09 Å². The molecule has 1 amide bonds. The average Bonchev–Trinajstić information content (AvgIpc) is 2.33. The molecule has 0 aromatic heterocycles. The Balaban J connectivity index is 2.31. The first kappa shape index (κ1) is 14.5. The van der Waals surface area contributed by atoms with Crippen LogP contribution in [0.25, 0.3) is 0 Å². The van der Waals surface area contributed by atoms with Crippen LogP contribution >= 0.6 is 0 Å². The van der Waals surface area contributed by atoms with Gasteiger partial charge < -0.3 is 10.1 Å². The van der Waals surface area contributed by atoms with Crippen LogP contribution in [0.5, 0.6) is 0 Å². The van der Waals surface area contributed by atoms with Gasteiger partial charge in [-0.3, -0.25) is 0 Å². The van der Waals surface area contributed by atoms with Gasteiger partial charge in [0.1, 0.15) is 6.61 Å². The minimum Gasteiger partial charge on any atom is -0.445 e. The van der Waals surface area contributed by atoms with Crippen LogP contribution in [0.1, 0.15) is 12.5 Å². The summed E-state index contributed by atoms with van der Waals surface area (Å²) in [7, 11) is -3.14. The normalized spacial score (nSPS) is 12.8. The monoisotopic (exact) mass is 271 g/mol. The van der Waals surface area contributed by atoms with Crippen LogP contribution in [0.2, 0.25) is 0 Å². The van der Waals surface area contributed by atoms with Crippen molar-refractivity contribution >= 4 is 15.9 Å². The van der Waals surface area contributed by atoms with Crippen LogP contribution in [0, 0.1) is 0 Å². The Kier molecular flexibility index (Phi) is 5.15. The minimum atomic E-state index is -3.14. The summed E-state index contributed by atoms with van der Waals surface area (Å²) in [6.45, 7) is 1.75. The molecule has 0 aliphatic heterocycles. The largest absolute Gasteiger partial charge is 0.445 e. The van der Waals surface area contributed by atoms with E-state index >= 15 is 0 Å². The molecule has 0 fully saturated rings. The highest BCUT2D eigenvalue weighted by Gasteiger charge is 2.15. The predicted molar refractivity (Wildman–Crippen MR) is 68.9 cm³/mol. The third kappa shape index (κ3) is 5.18. The van der Waals surface area contributed by atoms with E-state index in [1.54, 1.807) is 0 Å². The van der Waals surface area contributed by atoms with Crippen molar-refractivity contribution in [1.29, 1.82) is 0 Å². The number of rotatable bonds is 5. The van der Waals surface area contributed by atoms with Gasteiger partial charge in [-0.2, -0.15) is 0 Å². The summed E-state index contributed by atoms with van der Waals surface area (Å²) in [6.07, 6.45) is 0.517. The molecule has 0 saturated carbocycles. The molecular formula is C12H17NO4S. The molecule has 0 heterocycles. The van der Waals surface area contributed by atoms with Crippen molar-refractivity contribution < 1.29 is 17.9 Å². The molecule has 1 N–H and O–H groups in total. The van der Waals surface area contributed by atoms with E-state index in [1.807, 2.05) is 30.3 Å². The van der Waals surface area contributed by atoms with Crippen LogP contribution in [-0.2, 0) is 21.2 Å². The highest BCUT2D eigenvalue weighted by atomic mass is 32.2. The summed E-state index contributed by atoms with van der Waals surface area (Å²) in [5, 5.41) is 1.80. The second-order valence-electron chi connectivity index (χ2n) is 4.08. The molecule has 0 aliphatic rings. The molecule has 18 heavy (non-hydrogen) atoms. The van der Waals surface area contributed by atoms with Crippen LogP contribution in [0.4, 0.5) is 4.79 Å². The quantitative estimate of drug-likeness (QED) is 0.877. The lowest BCUT2D eigenvalue weighted by Crippen LogP contribution is -2.34. The molecule has 6 heteroatoms. The first-order valence-electron chi connectivity index (χ1n) is 5.53. The van der Waals surface area contributed by atoms with Crippen molar-refractivity contribution in [3.05, 3.63) is 35.9 Å². The number of hydrogen-bond acceptors (Lipinski definition) is 4. The number of benzene rings is 1. The van der Waals surface area contributed by atoms with Crippen LogP contribution < -0.4 is 5.32 Å². The number of carbonyl (C=O) groups excluding carboxylic acids is 1. The number of amides is 1. The Labute approximate surface area is 107 Å². The van der Waals surface area contributed by atoms with Crippen molar-refractivity contribution in [2.75, 3.05) is 12.8 Å². The molecule has 5 nitrogen and oxygen atoms in total. The van der Waals surface area contributed by atoms with Gasteiger partial charge in [0.25, 0.3) is 0 Å². The topological polar surface area (TPSA) is 72.5 Å². The zero-order valence-electron chi connectivity index (χ0n) is 10.4. The number of hydrogen-bond donors (Lipinski definition) is 1. The lowest BCUT2D eigenvalue weighted by molar-refractivity contribution is 0.140. The molecule has 0 saturated heterocycles. The van der Waals surface area contributed by atoms with E-state index in [2.05, 4.69) is 5.32 Å². The van der Waals surface area contributed by atoms with Gasteiger partial charge in [-0.25, -0.2) is 13.2 Å². The molecule has 0 spiro atoms. The fourth-order valence-electron chi connectivity index (χ4n) is 1.15. The minimum absolute atomic E-state index is 0.0481. The fraction of sp³-hybridized carbons (Fsp3) is 0.417. The van der Waals surface area contributed by atoms with Crippen molar-refractivity contribution in [3.63, 3.8) is 0 Å². The molecule has 0 bridgehead atoms. The SMILES string of the molecule is C[C@H](CNC(=O)OCc1ccccc1)S(C)(=O)=O. The number of ether oxygens (including phenoxy) is 1. The van der Waals surface area contributed by atoms with E-state index in [-0.39, 0.29) is 13.2 Å². The number of carbonyl (C=O) groups is 1. The number of sulfone groups is 1. The maximum absolute atomic E-state index is 11.3. The Morgan fingerprint density at radius 2 is 1.94 bits per heavy atom. The highest BCUT2D eigenvalue weighted by Crippen LogP contribution is 2.01. The summed E-state index contributed by atoms with van der Waals surface area (Å²) >= 11 is 0. The highest BCUT2D eigenvalue weighted by molar-refractivity contribution is 7.91. The van der Waals surface area contributed by atoms with E-state index in [4.69, 9.17) is 4.74 Å². The maximum atomic E-state index is 11.3. The van der Waals surface area contributed by atoms with E-state index < -0.39 is 21.2 Å². The zero-order valence-corrected chi connectivity index (χ0v) is 11.2. The van der Waals surface area contributed by atoms with Crippen molar-refractivity contribution in [2.24, 2.45) is 0 Å². The summed E-state index contributed by atoms with van der Waals surface area (Å²) in [6, 6.07) is 9.25. The van der Waals surface area contributed by atoms with Gasteiger partial charge in [0.15, 0.2) is 9.84 Å². The van der Waals surface area contributed by atoms with Crippen molar-refractivity contribution in [1.82, 2.24) is 5.32 Å². The van der Waals surface area contributed by atoms with E-state index in [0.29, 0.717) is 0 Å². The van der Waals surface area contributed by atoms with Gasteiger partial charge in [0.05, 0.1) is 5.25 Å². The summed E-state index contributed by atoms with van der Waals surface area (Å²) in [5.41, 5.74) is 0.879. The summed E-state index contributed by atoms with van der Waals surface area (Å²) in [5.74, 6) is 0. The number of alkyl carbamates (subject to hydrolysis) is 1. The third-order valence-corrected chi connectivity index (χ3v) is 4.11. The van der Waals surface area contributed by atoms with Gasteiger partial charge in [0, 0.05) is 12.8 Å². The Bertz CT molecular complexity index is 484. The smallest absolute Gasteiger partial charge is 0.407 e. The van der Waals surface area contributed by atoms with Gasteiger partial charge in [-0.1, -0.05) is 30.3 Å². The summed E-state index contributed by atoms with van der Waals surface area (Å²) < 4.78 is 27.2. The van der Waals surface area contributed by atoms with Crippen molar-refractivity contribution in [2.45, 2.75) is 18.8 Å². The first-order chi connectivity index (χ1) is 8.39. The standard InChI is InChI=1S/C12H17NO4S/c1-10(18(2,15)16)8-13-12(14)17-9-11-6-4-3-5-7-11/h3-7,10H,8-9H2,1-2H3,(H,13,14)/t10-/m1/s1. The molecule has 1 aromatic carbocycles. The molecule has 1 rings (SSSR count). The van der Waals surface area contributed by atoms with Gasteiger partial charge in [0.2, 0.25) is 0 Å². The molecule has 1 aromatic rings. The van der Waals surface area contributed by atoms with Crippen LogP contribution in [0.3, 0.4) is 0 Å². The van der Waals surface area contributed by atoms with Crippen molar-refractivity contribution in [3.8, 4) is 0 Å². The molecule has 0 radical (unpaired) electrons. The Hall–Kier alpha value is -1.56.